The van der Waals surface area contributed by atoms with Crippen molar-refractivity contribution in [2.24, 2.45) is 0 Å². The Balaban J connectivity index is 1.22. The molecular weight excluding hydrogens is 611 g/mol. The van der Waals surface area contributed by atoms with Crippen LogP contribution in [0.2, 0.25) is 0 Å². The van der Waals surface area contributed by atoms with Gasteiger partial charge in [-0.1, -0.05) is 133 Å². The van der Waals surface area contributed by atoms with Crippen LogP contribution in [-0.4, -0.2) is 23.9 Å². The van der Waals surface area contributed by atoms with Crippen molar-refractivity contribution in [3.8, 4) is 39.9 Å². The fourth-order valence-corrected chi connectivity index (χ4v) is 7.94. The Hall–Kier alpha value is -6.85. The van der Waals surface area contributed by atoms with E-state index in [1.54, 1.807) is 0 Å². The second-order valence-electron chi connectivity index (χ2n) is 12.9. The summed E-state index contributed by atoms with van der Waals surface area (Å²) in [5, 5.41) is 7.56. The van der Waals surface area contributed by atoms with E-state index in [0.29, 0.717) is 17.5 Å². The highest BCUT2D eigenvalue weighted by atomic mass is 15.1. The Bertz CT molecular complexity index is 3030. The smallest absolute Gasteiger partial charge is 0.164 e. The lowest BCUT2D eigenvalue weighted by Gasteiger charge is -2.12. The Morgan fingerprint density at radius 1 is 0.360 bits per heavy atom. The van der Waals surface area contributed by atoms with Crippen LogP contribution in [0, 0.1) is 0 Å². The van der Waals surface area contributed by atoms with Crippen LogP contribution in [0.3, 0.4) is 0 Å². The summed E-state index contributed by atoms with van der Waals surface area (Å²) in [6, 6.07) is 57.6. The summed E-state index contributed by atoms with van der Waals surface area (Å²) in [4.78, 5) is 15.0. The molecule has 5 nitrogen and oxygen atoms in total. The molecule has 4 aromatic heterocycles. The van der Waals surface area contributed by atoms with Gasteiger partial charge in [0.2, 0.25) is 0 Å². The summed E-state index contributed by atoms with van der Waals surface area (Å²) in [5.74, 6) is 1.94. The predicted octanol–water partition coefficient (Wildman–Crippen LogP) is 11.1. The summed E-state index contributed by atoms with van der Waals surface area (Å²) >= 11 is 0. The van der Waals surface area contributed by atoms with Crippen molar-refractivity contribution in [2.45, 2.75) is 0 Å². The van der Waals surface area contributed by atoms with Crippen molar-refractivity contribution in [2.75, 3.05) is 0 Å². The fraction of sp³-hybridized carbons (Fsp3) is 0. The molecule has 0 spiro atoms. The van der Waals surface area contributed by atoms with E-state index in [9.17, 15) is 0 Å². The first-order valence-electron chi connectivity index (χ1n) is 16.9. The first kappa shape index (κ1) is 27.1. The van der Waals surface area contributed by atoms with Crippen LogP contribution in [0.1, 0.15) is 0 Å². The normalized spacial score (nSPS) is 12.0. The minimum absolute atomic E-state index is 0.637. The maximum atomic E-state index is 5.04. The van der Waals surface area contributed by atoms with Crippen molar-refractivity contribution in [1.82, 2.24) is 23.9 Å². The van der Waals surface area contributed by atoms with E-state index in [0.717, 1.165) is 27.9 Å². The molecule has 0 amide bonds. The highest BCUT2D eigenvalue weighted by Crippen LogP contribution is 2.46. The minimum Gasteiger partial charge on any atom is -0.307 e. The average molecular weight is 638 g/mol. The molecule has 0 N–H and O–H groups in total. The summed E-state index contributed by atoms with van der Waals surface area (Å²) in [6.45, 7) is 0. The van der Waals surface area contributed by atoms with E-state index in [4.69, 9.17) is 15.0 Å². The molecule has 4 heterocycles. The van der Waals surface area contributed by atoms with Gasteiger partial charge in [0.1, 0.15) is 0 Å². The third-order valence-corrected chi connectivity index (χ3v) is 10.0. The molecular formula is C45H27N5. The lowest BCUT2D eigenvalue weighted by Crippen LogP contribution is -2.01. The van der Waals surface area contributed by atoms with E-state index in [-0.39, 0.29) is 0 Å². The van der Waals surface area contributed by atoms with Gasteiger partial charge in [0, 0.05) is 43.9 Å². The highest BCUT2D eigenvalue weighted by molar-refractivity contribution is 6.33. The van der Waals surface area contributed by atoms with Crippen LogP contribution in [0.15, 0.2) is 164 Å². The molecule has 0 unspecified atom stereocenters. The molecule has 0 fully saturated rings. The highest BCUT2D eigenvalue weighted by Gasteiger charge is 2.25. The quantitative estimate of drug-likeness (QED) is 0.193. The number of aromatic nitrogens is 5. The Labute approximate surface area is 286 Å². The van der Waals surface area contributed by atoms with Crippen LogP contribution in [-0.2, 0) is 0 Å². The monoisotopic (exact) mass is 637 g/mol. The standard InChI is InChI=1S/C45H27N5/c1-3-14-28(15-4-1)43-46-44(29-16-5-2-6-17-29)48-45(47-43)31-19-13-20-32(26-31)49-38-25-12-10-23-35(38)41-42(49)36-27-30-18-7-8-21-33(30)39-34-22-9-11-24-37(34)50(41)40(36)39/h1-27H. The molecule has 7 aromatic carbocycles. The van der Waals surface area contributed by atoms with Crippen LogP contribution >= 0.6 is 0 Å². The first-order valence-corrected chi connectivity index (χ1v) is 16.9. The molecule has 0 aliphatic carbocycles. The van der Waals surface area contributed by atoms with Crippen molar-refractivity contribution >= 4 is 59.9 Å². The van der Waals surface area contributed by atoms with Crippen molar-refractivity contribution < 1.29 is 0 Å². The van der Waals surface area contributed by atoms with Crippen LogP contribution in [0.4, 0.5) is 0 Å². The third kappa shape index (κ3) is 3.80. The van der Waals surface area contributed by atoms with E-state index in [1.807, 2.05) is 60.7 Å². The number of rotatable bonds is 4. The fourth-order valence-electron chi connectivity index (χ4n) is 7.94. The van der Waals surface area contributed by atoms with Gasteiger partial charge in [0.05, 0.1) is 27.6 Å². The number of fused-ring (bicyclic) bond motifs is 10. The second kappa shape index (κ2) is 10.3. The zero-order valence-corrected chi connectivity index (χ0v) is 26.8. The van der Waals surface area contributed by atoms with Gasteiger partial charge in [-0.2, -0.15) is 0 Å². The second-order valence-corrected chi connectivity index (χ2v) is 12.9. The van der Waals surface area contributed by atoms with Gasteiger partial charge in [0.15, 0.2) is 17.5 Å². The summed E-state index contributed by atoms with van der Waals surface area (Å²) in [5.41, 5.74) is 9.96. The van der Waals surface area contributed by atoms with Crippen LogP contribution in [0.25, 0.3) is 99.8 Å². The van der Waals surface area contributed by atoms with E-state index >= 15 is 0 Å². The molecule has 0 atom stereocenters. The van der Waals surface area contributed by atoms with Gasteiger partial charge in [0.25, 0.3) is 0 Å². The Kier molecular flexibility index (Phi) is 5.60. The Morgan fingerprint density at radius 3 is 1.64 bits per heavy atom. The molecule has 0 aliphatic rings. The van der Waals surface area contributed by atoms with E-state index in [1.165, 1.54) is 54.4 Å². The number of para-hydroxylation sites is 2. The topological polar surface area (TPSA) is 48.0 Å². The molecule has 0 saturated heterocycles. The predicted molar refractivity (Wildman–Crippen MR) is 205 cm³/mol. The third-order valence-electron chi connectivity index (χ3n) is 10.0. The number of benzene rings is 7. The summed E-state index contributed by atoms with van der Waals surface area (Å²) in [7, 11) is 0. The van der Waals surface area contributed by atoms with Crippen molar-refractivity contribution in [1.29, 1.82) is 0 Å². The molecule has 50 heavy (non-hydrogen) atoms. The molecule has 11 rings (SSSR count). The zero-order chi connectivity index (χ0) is 32.8. The molecule has 232 valence electrons. The van der Waals surface area contributed by atoms with Gasteiger partial charge >= 0.3 is 0 Å². The molecule has 0 radical (unpaired) electrons. The van der Waals surface area contributed by atoms with Crippen LogP contribution in [0.5, 0.6) is 0 Å². The number of hydrogen-bond donors (Lipinski definition) is 0. The van der Waals surface area contributed by atoms with Crippen molar-refractivity contribution in [3.63, 3.8) is 0 Å². The largest absolute Gasteiger partial charge is 0.307 e. The molecule has 0 bridgehead atoms. The van der Waals surface area contributed by atoms with Gasteiger partial charge in [-0.25, -0.2) is 15.0 Å². The maximum absolute atomic E-state index is 5.04. The Morgan fingerprint density at radius 2 is 0.920 bits per heavy atom. The molecule has 0 aliphatic heterocycles. The van der Waals surface area contributed by atoms with Crippen LogP contribution < -0.4 is 0 Å². The van der Waals surface area contributed by atoms with E-state index < -0.39 is 0 Å². The molecule has 5 heteroatoms. The summed E-state index contributed by atoms with van der Waals surface area (Å²) < 4.78 is 4.92. The van der Waals surface area contributed by atoms with E-state index in [2.05, 4.69) is 112 Å². The molecule has 0 saturated carbocycles. The molecule has 11 aromatic rings. The number of hydrogen-bond acceptors (Lipinski definition) is 3. The van der Waals surface area contributed by atoms with Gasteiger partial charge in [-0.05, 0) is 41.1 Å². The van der Waals surface area contributed by atoms with Gasteiger partial charge < -0.3 is 8.97 Å². The average Bonchev–Trinajstić information content (AvgIpc) is 3.83. The first-order chi connectivity index (χ1) is 24.8. The lowest BCUT2D eigenvalue weighted by atomic mass is 10.0. The SMILES string of the molecule is c1ccc(-c2nc(-c3ccccc3)nc(-c3cccc(-n4c5ccccc5c5c4c4cc6ccccc6c6c7ccccc7n5c46)c3)n2)cc1. The van der Waals surface area contributed by atoms with Gasteiger partial charge in [-0.3, -0.25) is 0 Å². The van der Waals surface area contributed by atoms with Crippen molar-refractivity contribution in [3.05, 3.63) is 164 Å². The van der Waals surface area contributed by atoms with Gasteiger partial charge in [-0.15, -0.1) is 0 Å². The minimum atomic E-state index is 0.637. The number of nitrogens with zero attached hydrogens (tertiary/aromatic N) is 5. The zero-order valence-electron chi connectivity index (χ0n) is 26.8. The maximum Gasteiger partial charge on any atom is 0.164 e. The lowest BCUT2D eigenvalue weighted by molar-refractivity contribution is 1.07. The summed E-state index contributed by atoms with van der Waals surface area (Å²) in [6.07, 6.45) is 0.